The van der Waals surface area contributed by atoms with Gasteiger partial charge >= 0.3 is 0 Å². The van der Waals surface area contributed by atoms with E-state index in [1.807, 2.05) is 40.7 Å². The van der Waals surface area contributed by atoms with Crippen molar-refractivity contribution in [2.45, 2.75) is 44.9 Å². The number of rotatable bonds is 4. The Hall–Kier alpha value is -2.74. The smallest absolute Gasteiger partial charge is 0.262 e. The van der Waals surface area contributed by atoms with Gasteiger partial charge in [0.05, 0.1) is 16.3 Å². The van der Waals surface area contributed by atoms with E-state index in [0.717, 1.165) is 17.5 Å². The van der Waals surface area contributed by atoms with Crippen LogP contribution in [0.15, 0.2) is 47.5 Å². The summed E-state index contributed by atoms with van der Waals surface area (Å²) in [6.45, 7) is 9.31. The minimum Gasteiger partial charge on any atom is -0.276 e. The maximum absolute atomic E-state index is 14.5. The Morgan fingerprint density at radius 2 is 1.82 bits per heavy atom. The number of sulfonamides is 1. The van der Waals surface area contributed by atoms with Crippen LogP contribution >= 0.6 is 0 Å². The predicted molar refractivity (Wildman–Crippen MR) is 107 cm³/mol. The van der Waals surface area contributed by atoms with E-state index in [1.165, 1.54) is 12.1 Å². The molecular weight excluding hydrogens is 379 g/mol. The third kappa shape index (κ3) is 3.91. The van der Waals surface area contributed by atoms with Gasteiger partial charge in [0.25, 0.3) is 10.0 Å². The van der Waals surface area contributed by atoms with Crippen LogP contribution in [0, 0.1) is 19.7 Å². The molecule has 0 atom stereocenters. The summed E-state index contributed by atoms with van der Waals surface area (Å²) < 4.78 is 44.3. The number of hydrogen-bond donors (Lipinski definition) is 1. The molecule has 0 spiro atoms. The highest BCUT2D eigenvalue weighted by Gasteiger charge is 2.23. The second kappa shape index (κ2) is 7.01. The molecule has 0 fully saturated rings. The number of hydrogen-bond acceptors (Lipinski definition) is 4. The SMILES string of the molecule is Cc1cc(C)n(-c2ncccc2NS(=O)(=O)c2ccc(C(C)(C)C)c(F)c2)n1. The van der Waals surface area contributed by atoms with Crippen molar-refractivity contribution in [1.82, 2.24) is 14.8 Å². The lowest BCUT2D eigenvalue weighted by Crippen LogP contribution is -2.18. The standard InChI is InChI=1S/C20H23FN4O2S/c1-13-11-14(2)25(23-13)19-18(7-6-10-22-19)24-28(26,27)15-8-9-16(17(21)12-15)20(3,4)5/h6-12,24H,1-5H3. The molecule has 0 saturated carbocycles. The van der Waals surface area contributed by atoms with Gasteiger partial charge in [-0.05, 0) is 55.2 Å². The first kappa shape index (κ1) is 20.0. The maximum atomic E-state index is 14.5. The van der Waals surface area contributed by atoms with Crippen LogP contribution in [-0.2, 0) is 15.4 Å². The first-order valence-corrected chi connectivity index (χ1v) is 10.3. The van der Waals surface area contributed by atoms with Crippen molar-refractivity contribution < 1.29 is 12.8 Å². The van der Waals surface area contributed by atoms with Crippen LogP contribution in [0.1, 0.15) is 37.7 Å². The van der Waals surface area contributed by atoms with Crippen LogP contribution in [0.5, 0.6) is 0 Å². The molecule has 148 valence electrons. The Bertz CT molecular complexity index is 1130. The van der Waals surface area contributed by atoms with Crippen molar-refractivity contribution in [3.63, 3.8) is 0 Å². The molecule has 3 rings (SSSR count). The summed E-state index contributed by atoms with van der Waals surface area (Å²) in [7, 11) is -4.01. The monoisotopic (exact) mass is 402 g/mol. The van der Waals surface area contributed by atoms with Gasteiger partial charge in [0.2, 0.25) is 0 Å². The summed E-state index contributed by atoms with van der Waals surface area (Å²) in [6, 6.07) is 9.04. The lowest BCUT2D eigenvalue weighted by atomic mass is 9.87. The average molecular weight is 402 g/mol. The molecule has 1 aromatic carbocycles. The van der Waals surface area contributed by atoms with Crippen LogP contribution in [0.3, 0.4) is 0 Å². The lowest BCUT2D eigenvalue weighted by Gasteiger charge is -2.20. The van der Waals surface area contributed by atoms with E-state index in [4.69, 9.17) is 0 Å². The minimum atomic E-state index is -4.01. The van der Waals surface area contributed by atoms with Crippen LogP contribution in [-0.4, -0.2) is 23.2 Å². The van der Waals surface area contributed by atoms with Gasteiger partial charge in [-0.2, -0.15) is 5.10 Å². The van der Waals surface area contributed by atoms with Crippen molar-refractivity contribution >= 4 is 15.7 Å². The Balaban J connectivity index is 2.01. The van der Waals surface area contributed by atoms with Crippen molar-refractivity contribution in [2.75, 3.05) is 4.72 Å². The van der Waals surface area contributed by atoms with Gasteiger partial charge in [0, 0.05) is 11.9 Å². The first-order valence-electron chi connectivity index (χ1n) is 8.80. The number of anilines is 1. The molecule has 0 aliphatic carbocycles. The average Bonchev–Trinajstić information content (AvgIpc) is 2.92. The highest BCUT2D eigenvalue weighted by atomic mass is 32.2. The fraction of sp³-hybridized carbons (Fsp3) is 0.300. The molecular formula is C20H23FN4O2S. The largest absolute Gasteiger partial charge is 0.276 e. The van der Waals surface area contributed by atoms with E-state index in [2.05, 4.69) is 14.8 Å². The van der Waals surface area contributed by atoms with Crippen LogP contribution in [0.2, 0.25) is 0 Å². The van der Waals surface area contributed by atoms with Gasteiger partial charge in [-0.25, -0.2) is 22.5 Å². The summed E-state index contributed by atoms with van der Waals surface area (Å²) in [5, 5.41) is 4.36. The number of halogens is 1. The molecule has 0 aliphatic rings. The summed E-state index contributed by atoms with van der Waals surface area (Å²) in [5.41, 5.74) is 1.89. The number of aromatic nitrogens is 3. The molecule has 0 bridgehead atoms. The third-order valence-corrected chi connectivity index (χ3v) is 5.66. The summed E-state index contributed by atoms with van der Waals surface area (Å²) in [5.74, 6) is -0.205. The van der Waals surface area contributed by atoms with Crippen molar-refractivity contribution in [2.24, 2.45) is 0 Å². The Morgan fingerprint density at radius 1 is 1.11 bits per heavy atom. The molecule has 0 unspecified atom stereocenters. The number of pyridine rings is 1. The molecule has 0 aliphatic heterocycles. The lowest BCUT2D eigenvalue weighted by molar-refractivity contribution is 0.519. The number of nitrogens with zero attached hydrogens (tertiary/aromatic N) is 3. The molecule has 0 radical (unpaired) electrons. The highest BCUT2D eigenvalue weighted by Crippen LogP contribution is 2.28. The maximum Gasteiger partial charge on any atom is 0.262 e. The topological polar surface area (TPSA) is 76.9 Å². The molecule has 1 N–H and O–H groups in total. The van der Waals surface area contributed by atoms with Crippen LogP contribution in [0.4, 0.5) is 10.1 Å². The molecule has 2 heterocycles. The first-order chi connectivity index (χ1) is 13.0. The van der Waals surface area contributed by atoms with Gasteiger partial charge in [0.1, 0.15) is 5.82 Å². The van der Waals surface area contributed by atoms with Gasteiger partial charge in [0.15, 0.2) is 5.82 Å². The normalized spacial score (nSPS) is 12.2. The van der Waals surface area contributed by atoms with Crippen LogP contribution in [0.25, 0.3) is 5.82 Å². The summed E-state index contributed by atoms with van der Waals surface area (Å²) >= 11 is 0. The second-order valence-corrected chi connectivity index (χ2v) is 9.39. The molecule has 28 heavy (non-hydrogen) atoms. The molecule has 6 nitrogen and oxygen atoms in total. The zero-order valence-electron chi connectivity index (χ0n) is 16.5. The fourth-order valence-corrected chi connectivity index (χ4v) is 4.04. The molecule has 2 aromatic heterocycles. The number of aryl methyl sites for hydroxylation is 2. The molecule has 3 aromatic rings. The van der Waals surface area contributed by atoms with E-state index in [-0.39, 0.29) is 10.6 Å². The molecule has 8 heteroatoms. The van der Waals surface area contributed by atoms with Gasteiger partial charge in [-0.1, -0.05) is 26.8 Å². The van der Waals surface area contributed by atoms with E-state index in [0.29, 0.717) is 11.4 Å². The Kier molecular flexibility index (Phi) is 5.01. The highest BCUT2D eigenvalue weighted by molar-refractivity contribution is 7.92. The Labute approximate surface area is 164 Å². The quantitative estimate of drug-likeness (QED) is 0.712. The van der Waals surface area contributed by atoms with Gasteiger partial charge in [-0.3, -0.25) is 4.72 Å². The van der Waals surface area contributed by atoms with Crippen molar-refractivity contribution in [3.8, 4) is 5.82 Å². The zero-order valence-corrected chi connectivity index (χ0v) is 17.3. The fourth-order valence-electron chi connectivity index (χ4n) is 2.96. The van der Waals surface area contributed by atoms with E-state index in [9.17, 15) is 12.8 Å². The van der Waals surface area contributed by atoms with E-state index >= 15 is 0 Å². The molecule has 0 amide bonds. The van der Waals surface area contributed by atoms with E-state index in [1.54, 1.807) is 23.0 Å². The summed E-state index contributed by atoms with van der Waals surface area (Å²) in [6.07, 6.45) is 1.56. The second-order valence-electron chi connectivity index (χ2n) is 7.71. The summed E-state index contributed by atoms with van der Waals surface area (Å²) in [4.78, 5) is 4.11. The van der Waals surface area contributed by atoms with Gasteiger partial charge < -0.3 is 0 Å². The number of benzene rings is 1. The third-order valence-electron chi connectivity index (χ3n) is 4.30. The van der Waals surface area contributed by atoms with Crippen molar-refractivity contribution in [1.29, 1.82) is 0 Å². The number of nitrogens with one attached hydrogen (secondary N) is 1. The zero-order chi connectivity index (χ0) is 20.7. The molecule has 0 saturated heterocycles. The minimum absolute atomic E-state index is 0.152. The van der Waals surface area contributed by atoms with E-state index < -0.39 is 21.3 Å². The van der Waals surface area contributed by atoms with Gasteiger partial charge in [-0.15, -0.1) is 0 Å². The Morgan fingerprint density at radius 3 is 2.39 bits per heavy atom. The van der Waals surface area contributed by atoms with Crippen LogP contribution < -0.4 is 4.72 Å². The predicted octanol–water partition coefficient (Wildman–Crippen LogP) is 4.12. The van der Waals surface area contributed by atoms with Crippen molar-refractivity contribution in [3.05, 3.63) is 65.4 Å².